The van der Waals surface area contributed by atoms with E-state index in [-0.39, 0.29) is 19.8 Å². The molecule has 0 aliphatic heterocycles. The zero-order valence-electron chi connectivity index (χ0n) is 15.4. The Morgan fingerprint density at radius 3 is 2.11 bits per heavy atom. The molecule has 0 aliphatic carbocycles. The largest absolute Gasteiger partial charge is 0.484 e. The zero-order chi connectivity index (χ0) is 19.6. The smallest absolute Gasteiger partial charge is 0.260 e. The fourth-order valence-corrected chi connectivity index (χ4v) is 2.27. The number of carbonyl (C=O) groups excluding carboxylic acids is 1. The van der Waals surface area contributed by atoms with E-state index >= 15 is 0 Å². The number of benzene rings is 2. The van der Waals surface area contributed by atoms with Gasteiger partial charge in [0.1, 0.15) is 17.2 Å². The van der Waals surface area contributed by atoms with E-state index in [1.165, 1.54) is 7.11 Å². The van der Waals surface area contributed by atoms with Crippen molar-refractivity contribution < 1.29 is 27.8 Å². The maximum atomic E-state index is 12.6. The zero-order valence-corrected chi connectivity index (χ0v) is 15.4. The van der Waals surface area contributed by atoms with Gasteiger partial charge in [0, 0.05) is 13.7 Å². The van der Waals surface area contributed by atoms with Crippen LogP contribution in [-0.4, -0.2) is 50.6 Å². The van der Waals surface area contributed by atoms with Crippen LogP contribution in [-0.2, 0) is 9.53 Å². The van der Waals surface area contributed by atoms with E-state index in [0.717, 1.165) is 10.5 Å². The van der Waals surface area contributed by atoms with Crippen molar-refractivity contribution in [3.8, 4) is 17.2 Å². The number of amides is 1. The molecule has 2 rings (SSSR count). The van der Waals surface area contributed by atoms with Gasteiger partial charge in [0.15, 0.2) is 6.61 Å². The predicted octanol–water partition coefficient (Wildman–Crippen LogP) is 3.91. The van der Waals surface area contributed by atoms with Crippen molar-refractivity contribution in [1.82, 2.24) is 4.90 Å². The van der Waals surface area contributed by atoms with Crippen molar-refractivity contribution in [2.75, 3.05) is 33.4 Å². The Bertz CT molecular complexity index is 705. The lowest BCUT2D eigenvalue weighted by Crippen LogP contribution is -2.40. The summed E-state index contributed by atoms with van der Waals surface area (Å²) in [4.78, 5) is 13.1. The first-order valence-corrected chi connectivity index (χ1v) is 8.50. The van der Waals surface area contributed by atoms with Crippen molar-refractivity contribution in [3.05, 3.63) is 54.1 Å². The summed E-state index contributed by atoms with van der Waals surface area (Å²) in [5.41, 5.74) is 1.14. The number of carbonyl (C=O) groups is 1. The fraction of sp³-hybridized carbons (Fsp3) is 0.350. The quantitative estimate of drug-likeness (QED) is 0.628. The number of alkyl halides is 2. The third-order valence-corrected chi connectivity index (χ3v) is 3.72. The number of methoxy groups -OCH3 is 1. The van der Waals surface area contributed by atoms with Crippen LogP contribution in [0.5, 0.6) is 17.2 Å². The molecule has 0 aromatic heterocycles. The molecule has 0 atom stereocenters. The van der Waals surface area contributed by atoms with Gasteiger partial charge in [-0.1, -0.05) is 17.7 Å². The molecular weight excluding hydrogens is 356 g/mol. The lowest BCUT2D eigenvalue weighted by atomic mass is 10.2. The summed E-state index contributed by atoms with van der Waals surface area (Å²) in [5, 5.41) is 0. The van der Waals surface area contributed by atoms with E-state index in [1.54, 1.807) is 24.3 Å². The van der Waals surface area contributed by atoms with E-state index in [1.807, 2.05) is 31.2 Å². The molecule has 0 aliphatic rings. The molecule has 0 saturated heterocycles. The SMILES string of the molecule is COCCN(CC(F)F)C(=O)COc1ccc(Oc2ccc(C)cc2)cc1. The van der Waals surface area contributed by atoms with Gasteiger partial charge in [-0.15, -0.1) is 0 Å². The maximum absolute atomic E-state index is 12.6. The average Bonchev–Trinajstić information content (AvgIpc) is 2.66. The number of nitrogens with zero attached hydrogens (tertiary/aromatic N) is 1. The Balaban J connectivity index is 1.87. The van der Waals surface area contributed by atoms with Gasteiger partial charge in [-0.2, -0.15) is 0 Å². The summed E-state index contributed by atoms with van der Waals surface area (Å²) in [6, 6.07) is 14.4. The molecule has 27 heavy (non-hydrogen) atoms. The Morgan fingerprint density at radius 2 is 1.56 bits per heavy atom. The third kappa shape index (κ3) is 7.22. The number of ether oxygens (including phenoxy) is 3. The van der Waals surface area contributed by atoms with Crippen LogP contribution in [0.2, 0.25) is 0 Å². The fourth-order valence-electron chi connectivity index (χ4n) is 2.27. The van der Waals surface area contributed by atoms with E-state index in [2.05, 4.69) is 0 Å². The van der Waals surface area contributed by atoms with Gasteiger partial charge in [-0.3, -0.25) is 4.79 Å². The van der Waals surface area contributed by atoms with Crippen molar-refractivity contribution in [3.63, 3.8) is 0 Å². The summed E-state index contributed by atoms with van der Waals surface area (Å²) >= 11 is 0. The van der Waals surface area contributed by atoms with Gasteiger partial charge in [0.25, 0.3) is 12.3 Å². The molecule has 7 heteroatoms. The minimum absolute atomic E-state index is 0.0896. The first-order chi connectivity index (χ1) is 13.0. The Labute approximate surface area is 157 Å². The van der Waals surface area contributed by atoms with E-state index < -0.39 is 18.9 Å². The van der Waals surface area contributed by atoms with Crippen LogP contribution < -0.4 is 9.47 Å². The van der Waals surface area contributed by atoms with Gasteiger partial charge in [-0.05, 0) is 43.3 Å². The predicted molar refractivity (Wildman–Crippen MR) is 97.7 cm³/mol. The van der Waals surface area contributed by atoms with Crippen molar-refractivity contribution in [2.24, 2.45) is 0 Å². The molecule has 2 aromatic carbocycles. The van der Waals surface area contributed by atoms with Gasteiger partial charge >= 0.3 is 0 Å². The summed E-state index contributed by atoms with van der Waals surface area (Å²) < 4.78 is 41.1. The summed E-state index contributed by atoms with van der Waals surface area (Å²) in [7, 11) is 1.45. The summed E-state index contributed by atoms with van der Waals surface area (Å²) in [6.45, 7) is 1.30. The van der Waals surface area contributed by atoms with Crippen LogP contribution in [0.1, 0.15) is 5.56 Å². The second-order valence-corrected chi connectivity index (χ2v) is 5.90. The van der Waals surface area contributed by atoms with Gasteiger partial charge in [0.2, 0.25) is 0 Å². The Kier molecular flexibility index (Phi) is 8.00. The van der Waals surface area contributed by atoms with E-state index in [9.17, 15) is 13.6 Å². The minimum Gasteiger partial charge on any atom is -0.484 e. The highest BCUT2D eigenvalue weighted by Crippen LogP contribution is 2.24. The lowest BCUT2D eigenvalue weighted by molar-refractivity contribution is -0.136. The molecule has 0 fully saturated rings. The van der Waals surface area contributed by atoms with Crippen molar-refractivity contribution in [1.29, 1.82) is 0 Å². The number of hydrogen-bond donors (Lipinski definition) is 0. The third-order valence-electron chi connectivity index (χ3n) is 3.72. The van der Waals surface area contributed by atoms with Crippen LogP contribution in [0.4, 0.5) is 8.78 Å². The van der Waals surface area contributed by atoms with Crippen molar-refractivity contribution >= 4 is 5.91 Å². The molecule has 0 unspecified atom stereocenters. The lowest BCUT2D eigenvalue weighted by Gasteiger charge is -2.22. The van der Waals surface area contributed by atoms with Crippen LogP contribution >= 0.6 is 0 Å². The molecule has 2 aromatic rings. The number of aryl methyl sites for hydroxylation is 1. The van der Waals surface area contributed by atoms with Crippen LogP contribution in [0, 0.1) is 6.92 Å². The minimum atomic E-state index is -2.61. The van der Waals surface area contributed by atoms with Crippen LogP contribution in [0.3, 0.4) is 0 Å². The van der Waals surface area contributed by atoms with E-state index in [0.29, 0.717) is 17.2 Å². The molecular formula is C20H23F2NO4. The monoisotopic (exact) mass is 379 g/mol. The molecule has 1 amide bonds. The normalized spacial score (nSPS) is 10.7. The summed E-state index contributed by atoms with van der Waals surface area (Å²) in [6.07, 6.45) is -2.61. The molecule has 0 radical (unpaired) electrons. The highest BCUT2D eigenvalue weighted by atomic mass is 19.3. The highest BCUT2D eigenvalue weighted by molar-refractivity contribution is 5.77. The van der Waals surface area contributed by atoms with Crippen LogP contribution in [0.25, 0.3) is 0 Å². The second-order valence-electron chi connectivity index (χ2n) is 5.90. The van der Waals surface area contributed by atoms with Gasteiger partial charge in [0.05, 0.1) is 13.2 Å². The molecule has 0 heterocycles. The number of rotatable bonds is 10. The van der Waals surface area contributed by atoms with E-state index in [4.69, 9.17) is 14.2 Å². The Morgan fingerprint density at radius 1 is 1.00 bits per heavy atom. The first kappa shape index (κ1) is 20.6. The maximum Gasteiger partial charge on any atom is 0.260 e. The average molecular weight is 379 g/mol. The van der Waals surface area contributed by atoms with Crippen molar-refractivity contribution in [2.45, 2.75) is 13.3 Å². The topological polar surface area (TPSA) is 48.0 Å². The molecule has 0 spiro atoms. The number of hydrogen-bond acceptors (Lipinski definition) is 4. The second kappa shape index (κ2) is 10.5. The number of halogens is 2. The molecule has 5 nitrogen and oxygen atoms in total. The van der Waals surface area contributed by atoms with Gasteiger partial charge < -0.3 is 19.1 Å². The molecule has 0 bridgehead atoms. The molecule has 0 saturated carbocycles. The summed E-state index contributed by atoms with van der Waals surface area (Å²) in [5.74, 6) is 1.26. The van der Waals surface area contributed by atoms with Gasteiger partial charge in [-0.25, -0.2) is 8.78 Å². The van der Waals surface area contributed by atoms with Crippen LogP contribution in [0.15, 0.2) is 48.5 Å². The molecule has 146 valence electrons. The molecule has 0 N–H and O–H groups in total. The Hall–Kier alpha value is -2.67. The first-order valence-electron chi connectivity index (χ1n) is 8.50. The highest BCUT2D eigenvalue weighted by Gasteiger charge is 2.18. The standard InChI is InChI=1S/C20H23F2NO4/c1-15-3-5-17(6-4-15)27-18-9-7-16(8-10-18)26-14-20(24)23(11-12-25-2)13-19(21)22/h3-10,19H,11-14H2,1-2H3.